The van der Waals surface area contributed by atoms with Gasteiger partial charge in [-0.15, -0.1) is 0 Å². The van der Waals surface area contributed by atoms with Crippen LogP contribution in [0.1, 0.15) is 37.8 Å². The number of aryl methyl sites for hydroxylation is 1. The Morgan fingerprint density at radius 1 is 1.50 bits per heavy atom. The summed E-state index contributed by atoms with van der Waals surface area (Å²) in [6.07, 6.45) is 1.38. The molecule has 0 heterocycles. The summed E-state index contributed by atoms with van der Waals surface area (Å²) in [5.74, 6) is 6.09. The lowest BCUT2D eigenvalue weighted by atomic mass is 10.1. The number of anilines is 1. The normalized spacial score (nSPS) is 18.9. The molecule has 0 bridgehead atoms. The summed E-state index contributed by atoms with van der Waals surface area (Å²) in [6.45, 7) is 6.26. The molecule has 1 unspecified atom stereocenters. The highest BCUT2D eigenvalue weighted by Gasteiger charge is 2.50. The molecule has 2 N–H and O–H groups in total. The van der Waals surface area contributed by atoms with Crippen LogP contribution in [0.2, 0.25) is 0 Å². The van der Waals surface area contributed by atoms with Crippen molar-refractivity contribution in [3.8, 4) is 11.8 Å². The Balaban J connectivity index is 2.15. The highest BCUT2D eigenvalue weighted by molar-refractivity contribution is 5.96. The van der Waals surface area contributed by atoms with Gasteiger partial charge < -0.3 is 10.4 Å². The molecule has 20 heavy (non-hydrogen) atoms. The summed E-state index contributed by atoms with van der Waals surface area (Å²) in [7, 11) is 0. The predicted octanol–water partition coefficient (Wildman–Crippen LogP) is 2.71. The van der Waals surface area contributed by atoms with Gasteiger partial charge in [-0.25, -0.2) is 0 Å². The second-order valence-electron chi connectivity index (χ2n) is 6.06. The van der Waals surface area contributed by atoms with Gasteiger partial charge >= 0.3 is 0 Å². The first-order chi connectivity index (χ1) is 9.44. The Hall–Kier alpha value is -1.79. The van der Waals surface area contributed by atoms with Crippen LogP contribution in [0.3, 0.4) is 0 Å². The van der Waals surface area contributed by atoms with Gasteiger partial charge in [-0.1, -0.05) is 31.8 Å². The fourth-order valence-electron chi connectivity index (χ4n) is 2.22. The Morgan fingerprint density at radius 3 is 2.80 bits per heavy atom. The van der Waals surface area contributed by atoms with Crippen molar-refractivity contribution in [1.82, 2.24) is 0 Å². The molecule has 0 aromatic heterocycles. The molecule has 0 radical (unpaired) electrons. The molecule has 1 aliphatic carbocycles. The maximum atomic E-state index is 12.2. The molecule has 0 spiro atoms. The standard InChI is InChI=1S/C17H21NO2/c1-12-7-8-15(13(10-12)6-4-5-9-19)18-16(20)14-11-17(14,2)3/h7-8,10,14,19H,5,9,11H2,1-3H3,(H,18,20). The third kappa shape index (κ3) is 3.40. The molecule has 1 atom stereocenters. The van der Waals surface area contributed by atoms with E-state index in [9.17, 15) is 4.79 Å². The van der Waals surface area contributed by atoms with E-state index in [1.807, 2.05) is 25.1 Å². The molecule has 3 nitrogen and oxygen atoms in total. The van der Waals surface area contributed by atoms with E-state index >= 15 is 0 Å². The molecule has 1 aromatic carbocycles. The molecule has 0 aliphatic heterocycles. The summed E-state index contributed by atoms with van der Waals surface area (Å²) in [5, 5.41) is 11.8. The summed E-state index contributed by atoms with van der Waals surface area (Å²) >= 11 is 0. The molecule has 2 rings (SSSR count). The number of carbonyl (C=O) groups excluding carboxylic acids is 1. The summed E-state index contributed by atoms with van der Waals surface area (Å²) in [4.78, 5) is 12.2. The fraction of sp³-hybridized carbons (Fsp3) is 0.471. The average molecular weight is 271 g/mol. The Bertz CT molecular complexity index is 578. The lowest BCUT2D eigenvalue weighted by Gasteiger charge is -2.09. The lowest BCUT2D eigenvalue weighted by molar-refractivity contribution is -0.118. The molecule has 1 aromatic rings. The van der Waals surface area contributed by atoms with E-state index in [0.717, 1.165) is 23.2 Å². The zero-order valence-electron chi connectivity index (χ0n) is 12.3. The third-order valence-corrected chi connectivity index (χ3v) is 3.72. The zero-order chi connectivity index (χ0) is 14.8. The topological polar surface area (TPSA) is 49.3 Å². The lowest BCUT2D eigenvalue weighted by Crippen LogP contribution is -2.17. The number of hydrogen-bond donors (Lipinski definition) is 2. The maximum absolute atomic E-state index is 12.2. The number of benzene rings is 1. The van der Waals surface area contributed by atoms with Gasteiger partial charge in [0.2, 0.25) is 5.91 Å². The van der Waals surface area contributed by atoms with Gasteiger partial charge in [0.25, 0.3) is 0 Å². The monoisotopic (exact) mass is 271 g/mol. The number of nitrogens with one attached hydrogen (secondary N) is 1. The van der Waals surface area contributed by atoms with E-state index in [0.29, 0.717) is 6.42 Å². The van der Waals surface area contributed by atoms with Crippen molar-refractivity contribution >= 4 is 11.6 Å². The predicted molar refractivity (Wildman–Crippen MR) is 80.3 cm³/mol. The van der Waals surface area contributed by atoms with Gasteiger partial charge in [-0.3, -0.25) is 4.79 Å². The molecule has 106 valence electrons. The minimum atomic E-state index is 0.0524. The third-order valence-electron chi connectivity index (χ3n) is 3.72. The summed E-state index contributed by atoms with van der Waals surface area (Å²) in [5.41, 5.74) is 2.79. The molecule has 1 fully saturated rings. The van der Waals surface area contributed by atoms with E-state index < -0.39 is 0 Å². The maximum Gasteiger partial charge on any atom is 0.228 e. The highest BCUT2D eigenvalue weighted by Crippen LogP contribution is 2.52. The minimum absolute atomic E-state index is 0.0524. The van der Waals surface area contributed by atoms with Gasteiger partial charge in [0, 0.05) is 17.9 Å². The summed E-state index contributed by atoms with van der Waals surface area (Å²) in [6, 6.07) is 5.81. The van der Waals surface area contributed by atoms with Crippen LogP contribution in [0.4, 0.5) is 5.69 Å². The molecule has 3 heteroatoms. The van der Waals surface area contributed by atoms with Crippen LogP contribution in [0.5, 0.6) is 0 Å². The number of amides is 1. The zero-order valence-corrected chi connectivity index (χ0v) is 12.3. The van der Waals surface area contributed by atoms with E-state index in [4.69, 9.17) is 5.11 Å². The molecular weight excluding hydrogens is 250 g/mol. The molecule has 1 aliphatic rings. The van der Waals surface area contributed by atoms with Gasteiger partial charge in [-0.2, -0.15) is 0 Å². The molecule has 1 saturated carbocycles. The van der Waals surface area contributed by atoms with Crippen molar-refractivity contribution in [3.05, 3.63) is 29.3 Å². The molecule has 1 amide bonds. The van der Waals surface area contributed by atoms with Crippen molar-refractivity contribution in [2.45, 2.75) is 33.6 Å². The summed E-state index contributed by atoms with van der Waals surface area (Å²) < 4.78 is 0. The Labute approximate surface area is 120 Å². The van der Waals surface area contributed by atoms with Crippen LogP contribution in [-0.4, -0.2) is 17.6 Å². The number of aliphatic hydroxyl groups is 1. The van der Waals surface area contributed by atoms with Crippen molar-refractivity contribution in [3.63, 3.8) is 0 Å². The number of aliphatic hydroxyl groups excluding tert-OH is 1. The van der Waals surface area contributed by atoms with Crippen molar-refractivity contribution in [1.29, 1.82) is 0 Å². The molecule has 0 saturated heterocycles. The van der Waals surface area contributed by atoms with Gasteiger partial charge in [0.1, 0.15) is 0 Å². The van der Waals surface area contributed by atoms with Gasteiger partial charge in [-0.05, 0) is 36.5 Å². The van der Waals surface area contributed by atoms with Crippen LogP contribution in [0.25, 0.3) is 0 Å². The van der Waals surface area contributed by atoms with Crippen LogP contribution in [-0.2, 0) is 4.79 Å². The first-order valence-electron chi connectivity index (χ1n) is 6.95. The van der Waals surface area contributed by atoms with E-state index in [1.54, 1.807) is 0 Å². The van der Waals surface area contributed by atoms with Crippen molar-refractivity contribution in [2.24, 2.45) is 11.3 Å². The first kappa shape index (κ1) is 14.6. The van der Waals surface area contributed by atoms with E-state index in [-0.39, 0.29) is 23.8 Å². The highest BCUT2D eigenvalue weighted by atomic mass is 16.2. The van der Waals surface area contributed by atoms with E-state index in [1.165, 1.54) is 0 Å². The second kappa shape index (κ2) is 5.68. The molecular formula is C17H21NO2. The Morgan fingerprint density at radius 2 is 2.20 bits per heavy atom. The first-order valence-corrected chi connectivity index (χ1v) is 6.95. The van der Waals surface area contributed by atoms with Crippen LogP contribution < -0.4 is 5.32 Å². The van der Waals surface area contributed by atoms with Gasteiger partial charge in [0.05, 0.1) is 12.3 Å². The van der Waals surface area contributed by atoms with Crippen LogP contribution in [0, 0.1) is 30.1 Å². The van der Waals surface area contributed by atoms with Crippen molar-refractivity contribution in [2.75, 3.05) is 11.9 Å². The SMILES string of the molecule is Cc1ccc(NC(=O)C2CC2(C)C)c(C#CCCO)c1. The van der Waals surface area contributed by atoms with Gasteiger partial charge in [0.15, 0.2) is 0 Å². The number of carbonyl (C=O) groups is 1. The largest absolute Gasteiger partial charge is 0.395 e. The Kier molecular flexibility index (Phi) is 4.15. The minimum Gasteiger partial charge on any atom is -0.395 e. The smallest absolute Gasteiger partial charge is 0.228 e. The van der Waals surface area contributed by atoms with E-state index in [2.05, 4.69) is 31.0 Å². The quantitative estimate of drug-likeness (QED) is 0.830. The number of hydrogen-bond acceptors (Lipinski definition) is 2. The average Bonchev–Trinajstić information content (AvgIpc) is 3.02. The fourth-order valence-corrected chi connectivity index (χ4v) is 2.22. The number of rotatable bonds is 3. The van der Waals surface area contributed by atoms with Crippen LogP contribution >= 0.6 is 0 Å². The van der Waals surface area contributed by atoms with Crippen LogP contribution in [0.15, 0.2) is 18.2 Å². The van der Waals surface area contributed by atoms with Crippen molar-refractivity contribution < 1.29 is 9.90 Å². The second-order valence-corrected chi connectivity index (χ2v) is 6.06.